The summed E-state index contributed by atoms with van der Waals surface area (Å²) in [6.07, 6.45) is 1.28. The first kappa shape index (κ1) is 12.5. The van der Waals surface area contributed by atoms with Gasteiger partial charge in [-0.2, -0.15) is 4.98 Å². The van der Waals surface area contributed by atoms with Gasteiger partial charge in [0.2, 0.25) is 12.2 Å². The lowest BCUT2D eigenvalue weighted by Gasteiger charge is -2.10. The third-order valence-electron chi connectivity index (χ3n) is 2.38. The van der Waals surface area contributed by atoms with Crippen molar-refractivity contribution in [3.8, 4) is 5.75 Å². The fraction of sp³-hybridized carbons (Fsp3) is 0.417. The number of nitrogens with zero attached hydrogens (tertiary/aromatic N) is 3. The Labute approximate surface area is 105 Å². The maximum absolute atomic E-state index is 5.65. The largest absolute Gasteiger partial charge is 0.484 e. The van der Waals surface area contributed by atoms with Gasteiger partial charge in [0.1, 0.15) is 5.75 Å². The van der Waals surface area contributed by atoms with E-state index in [0.29, 0.717) is 12.4 Å². The Morgan fingerprint density at radius 3 is 3.00 bits per heavy atom. The summed E-state index contributed by atoms with van der Waals surface area (Å²) in [5.41, 5.74) is 1.86. The van der Waals surface area contributed by atoms with Crippen molar-refractivity contribution in [2.75, 3.05) is 6.54 Å². The van der Waals surface area contributed by atoms with Gasteiger partial charge in [-0.1, -0.05) is 12.1 Å². The van der Waals surface area contributed by atoms with E-state index in [9.17, 15) is 0 Å². The van der Waals surface area contributed by atoms with Gasteiger partial charge in [-0.25, -0.2) is 0 Å². The smallest absolute Gasteiger partial charge is 0.213 e. The first-order valence-electron chi connectivity index (χ1n) is 5.85. The quantitative estimate of drug-likeness (QED) is 0.834. The molecule has 0 spiro atoms. The van der Waals surface area contributed by atoms with Crippen LogP contribution in [0.5, 0.6) is 5.75 Å². The molecule has 1 N–H and O–H groups in total. The van der Waals surface area contributed by atoms with Gasteiger partial charge in [0.15, 0.2) is 6.61 Å². The van der Waals surface area contributed by atoms with Crippen molar-refractivity contribution in [3.05, 3.63) is 35.7 Å². The van der Waals surface area contributed by atoms with Crippen LogP contribution in [-0.2, 0) is 13.2 Å². The van der Waals surface area contributed by atoms with Crippen molar-refractivity contribution in [1.82, 2.24) is 20.4 Å². The van der Waals surface area contributed by atoms with Gasteiger partial charge in [0, 0.05) is 12.2 Å². The van der Waals surface area contributed by atoms with Crippen molar-refractivity contribution in [3.63, 3.8) is 0 Å². The first-order chi connectivity index (χ1) is 8.79. The summed E-state index contributed by atoms with van der Waals surface area (Å²) in [7, 11) is 0. The molecule has 0 aliphatic carbocycles. The molecule has 2 rings (SSSR count). The number of pyridine rings is 1. The van der Waals surface area contributed by atoms with Crippen LogP contribution in [0.15, 0.2) is 23.0 Å². The maximum Gasteiger partial charge on any atom is 0.213 e. The molecule has 96 valence electrons. The fourth-order valence-electron chi connectivity index (χ4n) is 1.50. The summed E-state index contributed by atoms with van der Waals surface area (Å²) >= 11 is 0. The van der Waals surface area contributed by atoms with E-state index in [1.165, 1.54) is 6.39 Å². The molecule has 2 aromatic rings. The Kier molecular flexibility index (Phi) is 4.25. The van der Waals surface area contributed by atoms with Crippen molar-refractivity contribution in [1.29, 1.82) is 0 Å². The van der Waals surface area contributed by atoms with Gasteiger partial charge >= 0.3 is 0 Å². The Hall–Kier alpha value is -1.95. The van der Waals surface area contributed by atoms with E-state index in [2.05, 4.69) is 31.9 Å². The van der Waals surface area contributed by atoms with E-state index >= 15 is 0 Å². The highest BCUT2D eigenvalue weighted by molar-refractivity contribution is 5.29. The topological polar surface area (TPSA) is 73.1 Å². The highest BCUT2D eigenvalue weighted by Crippen LogP contribution is 2.17. The molecule has 0 amide bonds. The van der Waals surface area contributed by atoms with Gasteiger partial charge in [-0.05, 0) is 25.6 Å². The first-order valence-corrected chi connectivity index (χ1v) is 5.85. The zero-order chi connectivity index (χ0) is 12.8. The molecule has 2 aromatic heterocycles. The second-order valence-electron chi connectivity index (χ2n) is 3.81. The number of nitrogens with one attached hydrogen (secondary N) is 1. The average Bonchev–Trinajstić information content (AvgIpc) is 2.88. The summed E-state index contributed by atoms with van der Waals surface area (Å²) in [5, 5.41) is 6.93. The van der Waals surface area contributed by atoms with E-state index in [1.54, 1.807) is 0 Å². The van der Waals surface area contributed by atoms with Crippen molar-refractivity contribution >= 4 is 0 Å². The molecule has 0 aliphatic rings. The van der Waals surface area contributed by atoms with Crippen LogP contribution in [0, 0.1) is 6.92 Å². The van der Waals surface area contributed by atoms with Gasteiger partial charge in [0.25, 0.3) is 0 Å². The third kappa shape index (κ3) is 3.27. The van der Waals surface area contributed by atoms with Gasteiger partial charge in [-0.3, -0.25) is 4.98 Å². The Balaban J connectivity index is 2.05. The van der Waals surface area contributed by atoms with Gasteiger partial charge in [-0.15, -0.1) is 0 Å². The minimum atomic E-state index is 0.278. The molecule has 0 saturated carbocycles. The van der Waals surface area contributed by atoms with Crippen molar-refractivity contribution in [2.24, 2.45) is 0 Å². The van der Waals surface area contributed by atoms with Crippen LogP contribution in [0.25, 0.3) is 0 Å². The van der Waals surface area contributed by atoms with Crippen molar-refractivity contribution in [2.45, 2.75) is 27.0 Å². The summed E-state index contributed by atoms with van der Waals surface area (Å²) in [6, 6.07) is 3.83. The SMILES string of the molecule is CCNCc1nc(C)ccc1OCc1ncon1. The Bertz CT molecular complexity index is 485. The molecule has 0 aromatic carbocycles. The lowest BCUT2D eigenvalue weighted by Crippen LogP contribution is -2.14. The Morgan fingerprint density at radius 2 is 2.28 bits per heavy atom. The minimum absolute atomic E-state index is 0.278. The van der Waals surface area contributed by atoms with Crippen LogP contribution in [0.2, 0.25) is 0 Å². The second-order valence-corrected chi connectivity index (χ2v) is 3.81. The molecule has 6 heteroatoms. The number of aryl methyl sites for hydroxylation is 1. The average molecular weight is 248 g/mol. The predicted octanol–water partition coefficient (Wildman–Crippen LogP) is 1.46. The maximum atomic E-state index is 5.65. The van der Waals surface area contributed by atoms with Crippen LogP contribution in [0.4, 0.5) is 0 Å². The molecular formula is C12H16N4O2. The minimum Gasteiger partial charge on any atom is -0.484 e. The monoisotopic (exact) mass is 248 g/mol. The molecule has 0 unspecified atom stereocenters. The molecule has 0 aliphatic heterocycles. The molecule has 0 atom stereocenters. The number of hydrogen-bond acceptors (Lipinski definition) is 6. The summed E-state index contributed by atoms with van der Waals surface area (Å²) < 4.78 is 10.3. The third-order valence-corrected chi connectivity index (χ3v) is 2.38. The van der Waals surface area contributed by atoms with E-state index < -0.39 is 0 Å². The summed E-state index contributed by atoms with van der Waals surface area (Å²) in [4.78, 5) is 8.36. The van der Waals surface area contributed by atoms with E-state index in [1.807, 2.05) is 19.1 Å². The lowest BCUT2D eigenvalue weighted by atomic mass is 10.3. The molecule has 2 heterocycles. The molecule has 0 radical (unpaired) electrons. The number of rotatable bonds is 6. The zero-order valence-electron chi connectivity index (χ0n) is 10.5. The number of hydrogen-bond donors (Lipinski definition) is 1. The number of aromatic nitrogens is 3. The van der Waals surface area contributed by atoms with E-state index in [-0.39, 0.29) is 6.61 Å². The normalized spacial score (nSPS) is 10.6. The lowest BCUT2D eigenvalue weighted by molar-refractivity contribution is 0.281. The standard InChI is InChI=1S/C12H16N4O2/c1-3-13-6-10-11(5-4-9(2)15-10)17-7-12-14-8-18-16-12/h4-5,8,13H,3,6-7H2,1-2H3. The van der Waals surface area contributed by atoms with Crippen LogP contribution in [-0.4, -0.2) is 21.7 Å². The molecule has 18 heavy (non-hydrogen) atoms. The van der Waals surface area contributed by atoms with Crippen LogP contribution in [0.3, 0.4) is 0 Å². The number of ether oxygens (including phenoxy) is 1. The van der Waals surface area contributed by atoms with E-state index in [4.69, 9.17) is 4.74 Å². The molecule has 0 fully saturated rings. The molecule has 6 nitrogen and oxygen atoms in total. The Morgan fingerprint density at radius 1 is 1.39 bits per heavy atom. The van der Waals surface area contributed by atoms with Gasteiger partial charge in [0.05, 0.1) is 5.69 Å². The summed E-state index contributed by atoms with van der Waals surface area (Å²) in [5.74, 6) is 1.26. The summed E-state index contributed by atoms with van der Waals surface area (Å²) in [6.45, 7) is 5.86. The highest BCUT2D eigenvalue weighted by atomic mass is 16.5. The predicted molar refractivity (Wildman–Crippen MR) is 65.0 cm³/mol. The van der Waals surface area contributed by atoms with Crippen LogP contribution >= 0.6 is 0 Å². The van der Waals surface area contributed by atoms with Crippen LogP contribution in [0.1, 0.15) is 24.1 Å². The van der Waals surface area contributed by atoms with Crippen LogP contribution < -0.4 is 10.1 Å². The van der Waals surface area contributed by atoms with Gasteiger partial charge < -0.3 is 14.6 Å². The molecule has 0 bridgehead atoms. The second kappa shape index (κ2) is 6.11. The molecule has 0 saturated heterocycles. The molecular weight excluding hydrogens is 232 g/mol. The van der Waals surface area contributed by atoms with Crippen molar-refractivity contribution < 1.29 is 9.26 Å². The zero-order valence-corrected chi connectivity index (χ0v) is 10.5. The highest BCUT2D eigenvalue weighted by Gasteiger charge is 2.07. The fourth-order valence-corrected chi connectivity index (χ4v) is 1.50. The van der Waals surface area contributed by atoms with E-state index in [0.717, 1.165) is 23.7 Å².